The maximum atomic E-state index is 13.1. The number of aliphatic hydroxyl groups excluding tert-OH is 1. The van der Waals surface area contributed by atoms with Crippen molar-refractivity contribution in [3.8, 4) is 5.75 Å². The van der Waals surface area contributed by atoms with Gasteiger partial charge in [0.15, 0.2) is 0 Å². The molecule has 2 fully saturated rings. The van der Waals surface area contributed by atoms with Crippen molar-refractivity contribution in [3.05, 3.63) is 70.3 Å². The highest BCUT2D eigenvalue weighted by Crippen LogP contribution is 2.43. The Kier molecular flexibility index (Phi) is 5.37. The molecule has 1 heterocycles. The van der Waals surface area contributed by atoms with E-state index in [2.05, 4.69) is 0 Å². The number of nitrogens with zero attached hydrogens (tertiary/aromatic N) is 1. The van der Waals surface area contributed by atoms with Crippen molar-refractivity contribution in [1.82, 2.24) is 4.90 Å². The van der Waals surface area contributed by atoms with Crippen LogP contribution in [-0.4, -0.2) is 34.8 Å². The van der Waals surface area contributed by atoms with Gasteiger partial charge >= 0.3 is 0 Å². The number of rotatable bonds is 4. The van der Waals surface area contributed by atoms with Crippen LogP contribution in [0.25, 0.3) is 5.76 Å². The first-order chi connectivity index (χ1) is 14.4. The first kappa shape index (κ1) is 20.2. The summed E-state index contributed by atoms with van der Waals surface area (Å²) in [7, 11) is 1.60. The molecule has 30 heavy (non-hydrogen) atoms. The Balaban J connectivity index is 1.87. The zero-order valence-corrected chi connectivity index (χ0v) is 17.6. The molecule has 5 heteroatoms. The van der Waals surface area contributed by atoms with Gasteiger partial charge in [-0.3, -0.25) is 9.59 Å². The predicted molar refractivity (Wildman–Crippen MR) is 115 cm³/mol. The number of likely N-dealkylation sites (tertiary alicyclic amines) is 1. The Morgan fingerprint density at radius 2 is 1.67 bits per heavy atom. The van der Waals surface area contributed by atoms with Gasteiger partial charge in [0, 0.05) is 11.6 Å². The van der Waals surface area contributed by atoms with Crippen LogP contribution < -0.4 is 4.74 Å². The average Bonchev–Trinajstić information content (AvgIpc) is 3.36. The van der Waals surface area contributed by atoms with Gasteiger partial charge in [0.2, 0.25) is 0 Å². The molecule has 1 aliphatic carbocycles. The molecule has 1 atom stereocenters. The van der Waals surface area contributed by atoms with Crippen LogP contribution in [0.15, 0.2) is 48.0 Å². The second kappa shape index (κ2) is 7.98. The maximum Gasteiger partial charge on any atom is 0.295 e. The second-order valence-electron chi connectivity index (χ2n) is 8.22. The molecule has 0 aromatic heterocycles. The summed E-state index contributed by atoms with van der Waals surface area (Å²) in [6.07, 6.45) is 3.84. The number of ether oxygens (including phenoxy) is 1. The zero-order chi connectivity index (χ0) is 21.4. The summed E-state index contributed by atoms with van der Waals surface area (Å²) in [5.74, 6) is -0.546. The first-order valence-electron chi connectivity index (χ1n) is 10.4. The topological polar surface area (TPSA) is 66.8 Å². The molecule has 1 N–H and O–H groups in total. The number of hydrogen-bond acceptors (Lipinski definition) is 4. The smallest absolute Gasteiger partial charge is 0.295 e. The minimum atomic E-state index is -0.613. The molecule has 1 saturated carbocycles. The summed E-state index contributed by atoms with van der Waals surface area (Å²) in [5.41, 5.74) is 3.64. The Morgan fingerprint density at radius 1 is 1.00 bits per heavy atom. The molecule has 0 radical (unpaired) electrons. The normalized spacial score (nSPS) is 21.4. The Bertz CT molecular complexity index is 1020. The van der Waals surface area contributed by atoms with Gasteiger partial charge in [-0.15, -0.1) is 0 Å². The Hall–Kier alpha value is -3.08. The van der Waals surface area contributed by atoms with Gasteiger partial charge in [-0.25, -0.2) is 0 Å². The van der Waals surface area contributed by atoms with Crippen LogP contribution in [0.4, 0.5) is 0 Å². The lowest BCUT2D eigenvalue weighted by Crippen LogP contribution is -2.37. The SMILES string of the molecule is COc1ccc(C2/C(=C(/O)c3ccc(C)c(C)c3)C(=O)C(=O)N2C2CCCC2)cc1. The molecule has 156 valence electrons. The number of ketones is 1. The molecule has 2 aliphatic rings. The molecular weight excluding hydrogens is 378 g/mol. The first-order valence-corrected chi connectivity index (χ1v) is 10.4. The number of aliphatic hydroxyl groups is 1. The van der Waals surface area contributed by atoms with Crippen LogP contribution in [0, 0.1) is 13.8 Å². The van der Waals surface area contributed by atoms with Crippen molar-refractivity contribution in [2.45, 2.75) is 51.6 Å². The van der Waals surface area contributed by atoms with Crippen LogP contribution in [0.2, 0.25) is 0 Å². The fraction of sp³-hybridized carbons (Fsp3) is 0.360. The van der Waals surface area contributed by atoms with Gasteiger partial charge in [0.25, 0.3) is 11.7 Å². The number of carbonyl (C=O) groups excluding carboxylic acids is 2. The molecular formula is C25H27NO4. The van der Waals surface area contributed by atoms with Crippen molar-refractivity contribution in [3.63, 3.8) is 0 Å². The van der Waals surface area contributed by atoms with Gasteiger partial charge in [-0.05, 0) is 61.6 Å². The van der Waals surface area contributed by atoms with E-state index in [-0.39, 0.29) is 17.4 Å². The van der Waals surface area contributed by atoms with E-state index in [1.807, 2.05) is 50.2 Å². The lowest BCUT2D eigenvalue weighted by molar-refractivity contribution is -0.141. The fourth-order valence-electron chi connectivity index (χ4n) is 4.57. The summed E-state index contributed by atoms with van der Waals surface area (Å²) in [4.78, 5) is 27.9. The average molecular weight is 405 g/mol. The number of benzene rings is 2. The van der Waals surface area contributed by atoms with Crippen LogP contribution in [0.3, 0.4) is 0 Å². The van der Waals surface area contributed by atoms with Gasteiger partial charge in [0.05, 0.1) is 18.7 Å². The van der Waals surface area contributed by atoms with Crippen LogP contribution in [0.5, 0.6) is 5.75 Å². The van der Waals surface area contributed by atoms with E-state index in [0.717, 1.165) is 42.4 Å². The Morgan fingerprint density at radius 3 is 2.27 bits per heavy atom. The lowest BCUT2D eigenvalue weighted by Gasteiger charge is -2.30. The molecule has 1 aliphatic heterocycles. The third kappa shape index (κ3) is 3.38. The number of aryl methyl sites for hydroxylation is 2. The van der Waals surface area contributed by atoms with E-state index >= 15 is 0 Å². The van der Waals surface area contributed by atoms with E-state index in [1.165, 1.54) is 0 Å². The highest BCUT2D eigenvalue weighted by Gasteiger charge is 2.49. The highest BCUT2D eigenvalue weighted by atomic mass is 16.5. The number of carbonyl (C=O) groups is 2. The maximum absolute atomic E-state index is 13.1. The number of methoxy groups -OCH3 is 1. The molecule has 1 saturated heterocycles. The summed E-state index contributed by atoms with van der Waals surface area (Å²) in [5, 5.41) is 11.2. The molecule has 1 amide bonds. The minimum Gasteiger partial charge on any atom is -0.507 e. The number of amides is 1. The fourth-order valence-corrected chi connectivity index (χ4v) is 4.57. The molecule has 4 rings (SSSR count). The molecule has 0 spiro atoms. The number of Topliss-reactive ketones (excluding diaryl/α,β-unsaturated/α-hetero) is 1. The van der Waals surface area contributed by atoms with Gasteiger partial charge in [-0.2, -0.15) is 0 Å². The molecule has 5 nitrogen and oxygen atoms in total. The third-order valence-corrected chi connectivity index (χ3v) is 6.41. The largest absolute Gasteiger partial charge is 0.507 e. The van der Waals surface area contributed by atoms with E-state index in [0.29, 0.717) is 11.3 Å². The number of hydrogen-bond donors (Lipinski definition) is 1. The monoisotopic (exact) mass is 405 g/mol. The van der Waals surface area contributed by atoms with Gasteiger partial charge in [-0.1, -0.05) is 37.1 Å². The minimum absolute atomic E-state index is 0.0126. The van der Waals surface area contributed by atoms with Crippen molar-refractivity contribution in [2.75, 3.05) is 7.11 Å². The van der Waals surface area contributed by atoms with Crippen LogP contribution >= 0.6 is 0 Å². The second-order valence-corrected chi connectivity index (χ2v) is 8.22. The van der Waals surface area contributed by atoms with Crippen molar-refractivity contribution >= 4 is 17.4 Å². The highest BCUT2D eigenvalue weighted by molar-refractivity contribution is 6.46. The molecule has 1 unspecified atom stereocenters. The van der Waals surface area contributed by atoms with Crippen molar-refractivity contribution < 1.29 is 19.4 Å². The van der Waals surface area contributed by atoms with E-state index in [4.69, 9.17) is 4.74 Å². The van der Waals surface area contributed by atoms with Crippen molar-refractivity contribution in [1.29, 1.82) is 0 Å². The summed E-state index contributed by atoms with van der Waals surface area (Å²) < 4.78 is 5.26. The van der Waals surface area contributed by atoms with Crippen LogP contribution in [-0.2, 0) is 9.59 Å². The molecule has 2 aromatic carbocycles. The zero-order valence-electron chi connectivity index (χ0n) is 17.6. The molecule has 0 bridgehead atoms. The summed E-state index contributed by atoms with van der Waals surface area (Å²) >= 11 is 0. The summed E-state index contributed by atoms with van der Waals surface area (Å²) in [6, 6.07) is 12.4. The Labute approximate surface area is 177 Å². The van der Waals surface area contributed by atoms with E-state index in [9.17, 15) is 14.7 Å². The quantitative estimate of drug-likeness (QED) is 0.456. The van der Waals surface area contributed by atoms with Gasteiger partial charge in [0.1, 0.15) is 11.5 Å². The predicted octanol–water partition coefficient (Wildman–Crippen LogP) is 4.68. The standard InChI is InChI=1S/C25H27NO4/c1-15-8-9-18(14-16(15)2)23(27)21-22(17-10-12-20(30-3)13-11-17)26(25(29)24(21)28)19-6-4-5-7-19/h8-14,19,22,27H,4-7H2,1-3H3/b23-21-. The van der Waals surface area contributed by atoms with Crippen LogP contribution in [0.1, 0.15) is 54.0 Å². The molecule has 2 aromatic rings. The summed E-state index contributed by atoms with van der Waals surface area (Å²) in [6.45, 7) is 3.96. The lowest BCUT2D eigenvalue weighted by atomic mass is 9.93. The van der Waals surface area contributed by atoms with Crippen molar-refractivity contribution in [2.24, 2.45) is 0 Å². The van der Waals surface area contributed by atoms with E-state index in [1.54, 1.807) is 18.1 Å². The third-order valence-electron chi connectivity index (χ3n) is 6.41. The van der Waals surface area contributed by atoms with Gasteiger partial charge < -0.3 is 14.7 Å². The van der Waals surface area contributed by atoms with E-state index < -0.39 is 17.7 Å².